The van der Waals surface area contributed by atoms with Crippen LogP contribution in [-0.2, 0) is 4.79 Å². The maximum absolute atomic E-state index is 10.9. The zero-order valence-electron chi connectivity index (χ0n) is 9.15. The molecule has 1 aliphatic rings. The summed E-state index contributed by atoms with van der Waals surface area (Å²) in [7, 11) is 0. The highest BCUT2D eigenvalue weighted by atomic mass is 16.1. The SMILES string of the molecule is C/C=C/C=C\C1CC(C)CCC1C=O. The third kappa shape index (κ3) is 3.13. The Balaban J connectivity index is 2.56. The van der Waals surface area contributed by atoms with Crippen molar-refractivity contribution in [2.75, 3.05) is 0 Å². The molecule has 0 saturated heterocycles. The highest BCUT2D eigenvalue weighted by molar-refractivity contribution is 5.54. The van der Waals surface area contributed by atoms with Crippen LogP contribution >= 0.6 is 0 Å². The van der Waals surface area contributed by atoms with E-state index in [4.69, 9.17) is 0 Å². The molecule has 0 heterocycles. The van der Waals surface area contributed by atoms with Gasteiger partial charge in [0.15, 0.2) is 0 Å². The van der Waals surface area contributed by atoms with E-state index < -0.39 is 0 Å². The summed E-state index contributed by atoms with van der Waals surface area (Å²) in [4.78, 5) is 10.9. The first-order chi connectivity index (χ1) is 6.77. The van der Waals surface area contributed by atoms with Crippen LogP contribution in [0.2, 0.25) is 0 Å². The van der Waals surface area contributed by atoms with Gasteiger partial charge in [-0.05, 0) is 38.0 Å². The monoisotopic (exact) mass is 192 g/mol. The molecule has 1 nitrogen and oxygen atoms in total. The van der Waals surface area contributed by atoms with E-state index in [2.05, 4.69) is 19.1 Å². The number of carbonyl (C=O) groups is 1. The van der Waals surface area contributed by atoms with E-state index in [-0.39, 0.29) is 5.92 Å². The number of hydrogen-bond acceptors (Lipinski definition) is 1. The Kier molecular flexibility index (Phi) is 4.64. The van der Waals surface area contributed by atoms with E-state index in [1.54, 1.807) is 0 Å². The smallest absolute Gasteiger partial charge is 0.123 e. The Labute approximate surface area is 86.9 Å². The van der Waals surface area contributed by atoms with Crippen LogP contribution in [0.1, 0.15) is 33.1 Å². The number of hydrogen-bond donors (Lipinski definition) is 0. The fourth-order valence-electron chi connectivity index (χ4n) is 2.16. The van der Waals surface area contributed by atoms with Crippen molar-refractivity contribution >= 4 is 6.29 Å². The van der Waals surface area contributed by atoms with Crippen molar-refractivity contribution in [1.29, 1.82) is 0 Å². The van der Waals surface area contributed by atoms with E-state index in [1.165, 1.54) is 6.42 Å². The number of aldehydes is 1. The molecule has 1 fully saturated rings. The van der Waals surface area contributed by atoms with Gasteiger partial charge in [0.1, 0.15) is 6.29 Å². The van der Waals surface area contributed by atoms with Gasteiger partial charge in [0.05, 0.1) is 0 Å². The van der Waals surface area contributed by atoms with Crippen LogP contribution in [-0.4, -0.2) is 6.29 Å². The van der Waals surface area contributed by atoms with Gasteiger partial charge in [0.25, 0.3) is 0 Å². The van der Waals surface area contributed by atoms with Crippen molar-refractivity contribution in [2.24, 2.45) is 17.8 Å². The number of carbonyl (C=O) groups excluding carboxylic acids is 1. The summed E-state index contributed by atoms with van der Waals surface area (Å²) in [6.45, 7) is 4.28. The van der Waals surface area contributed by atoms with E-state index in [9.17, 15) is 4.79 Å². The van der Waals surface area contributed by atoms with Gasteiger partial charge in [-0.25, -0.2) is 0 Å². The Morgan fingerprint density at radius 2 is 1.93 bits per heavy atom. The highest BCUT2D eigenvalue weighted by Gasteiger charge is 2.25. The Morgan fingerprint density at radius 1 is 1.14 bits per heavy atom. The van der Waals surface area contributed by atoms with Crippen LogP contribution in [0.3, 0.4) is 0 Å². The molecule has 0 radical (unpaired) electrons. The van der Waals surface area contributed by atoms with Gasteiger partial charge in [0.2, 0.25) is 0 Å². The van der Waals surface area contributed by atoms with Crippen LogP contribution in [0, 0.1) is 17.8 Å². The van der Waals surface area contributed by atoms with Crippen LogP contribution in [0.15, 0.2) is 24.3 Å². The maximum Gasteiger partial charge on any atom is 0.123 e. The molecule has 0 N–H and O–H groups in total. The average Bonchev–Trinajstić information content (AvgIpc) is 2.19. The minimum Gasteiger partial charge on any atom is -0.303 e. The van der Waals surface area contributed by atoms with Gasteiger partial charge in [-0.1, -0.05) is 31.2 Å². The van der Waals surface area contributed by atoms with Crippen LogP contribution in [0.5, 0.6) is 0 Å². The molecule has 78 valence electrons. The Bertz CT molecular complexity index is 227. The van der Waals surface area contributed by atoms with Crippen molar-refractivity contribution in [2.45, 2.75) is 33.1 Å². The first kappa shape index (κ1) is 11.2. The lowest BCUT2D eigenvalue weighted by Crippen LogP contribution is -2.23. The third-order valence-electron chi connectivity index (χ3n) is 3.05. The van der Waals surface area contributed by atoms with E-state index in [1.807, 2.05) is 19.1 Å². The van der Waals surface area contributed by atoms with Crippen LogP contribution in [0.4, 0.5) is 0 Å². The molecular weight excluding hydrogens is 172 g/mol. The van der Waals surface area contributed by atoms with Crippen molar-refractivity contribution in [1.82, 2.24) is 0 Å². The molecule has 0 bridgehead atoms. The largest absolute Gasteiger partial charge is 0.303 e. The first-order valence-corrected chi connectivity index (χ1v) is 5.52. The van der Waals surface area contributed by atoms with Crippen molar-refractivity contribution in [3.63, 3.8) is 0 Å². The maximum atomic E-state index is 10.9. The number of rotatable bonds is 3. The molecule has 0 spiro atoms. The van der Waals surface area contributed by atoms with Gasteiger partial charge in [0, 0.05) is 5.92 Å². The van der Waals surface area contributed by atoms with Gasteiger partial charge in [-0.2, -0.15) is 0 Å². The zero-order chi connectivity index (χ0) is 10.4. The van der Waals surface area contributed by atoms with Crippen LogP contribution < -0.4 is 0 Å². The lowest BCUT2D eigenvalue weighted by Gasteiger charge is -2.29. The molecule has 3 unspecified atom stereocenters. The summed E-state index contributed by atoms with van der Waals surface area (Å²) < 4.78 is 0. The summed E-state index contributed by atoms with van der Waals surface area (Å²) in [5.74, 6) is 1.49. The molecule has 0 aromatic rings. The predicted octanol–water partition coefficient (Wildman–Crippen LogP) is 3.37. The third-order valence-corrected chi connectivity index (χ3v) is 3.05. The van der Waals surface area contributed by atoms with Gasteiger partial charge >= 0.3 is 0 Å². The topological polar surface area (TPSA) is 17.1 Å². The minimum absolute atomic E-state index is 0.257. The summed E-state index contributed by atoms with van der Waals surface area (Å²) in [6.07, 6.45) is 12.9. The fraction of sp³-hybridized carbons (Fsp3) is 0.615. The minimum atomic E-state index is 0.257. The molecule has 0 aromatic heterocycles. The summed E-state index contributed by atoms with van der Waals surface area (Å²) in [5, 5.41) is 0. The van der Waals surface area contributed by atoms with Gasteiger partial charge in [-0.15, -0.1) is 0 Å². The molecule has 14 heavy (non-hydrogen) atoms. The molecule has 1 aliphatic carbocycles. The van der Waals surface area contributed by atoms with E-state index in [0.29, 0.717) is 5.92 Å². The van der Waals surface area contributed by atoms with Crippen LogP contribution in [0.25, 0.3) is 0 Å². The zero-order valence-corrected chi connectivity index (χ0v) is 9.15. The second-order valence-electron chi connectivity index (χ2n) is 4.29. The van der Waals surface area contributed by atoms with Gasteiger partial charge in [-0.3, -0.25) is 0 Å². The first-order valence-electron chi connectivity index (χ1n) is 5.52. The number of allylic oxidation sites excluding steroid dienone is 4. The quantitative estimate of drug-likeness (QED) is 0.495. The summed E-state index contributed by atoms with van der Waals surface area (Å²) >= 11 is 0. The average molecular weight is 192 g/mol. The molecule has 1 heteroatoms. The highest BCUT2D eigenvalue weighted by Crippen LogP contribution is 2.33. The predicted molar refractivity (Wildman–Crippen MR) is 60.0 cm³/mol. The molecule has 3 atom stereocenters. The molecule has 0 aromatic carbocycles. The standard InChI is InChI=1S/C13H20O/c1-3-4-5-6-12-9-11(2)7-8-13(12)10-14/h3-6,10-13H,7-9H2,1-2H3/b4-3+,6-5-. The fourth-order valence-corrected chi connectivity index (χ4v) is 2.16. The molecule has 1 rings (SSSR count). The Hall–Kier alpha value is -0.850. The van der Waals surface area contributed by atoms with Crippen molar-refractivity contribution in [3.05, 3.63) is 24.3 Å². The summed E-state index contributed by atoms with van der Waals surface area (Å²) in [5.41, 5.74) is 0. The second kappa shape index (κ2) is 5.79. The van der Waals surface area contributed by atoms with Gasteiger partial charge < -0.3 is 4.79 Å². The molecular formula is C13H20O. The molecule has 0 amide bonds. The van der Waals surface area contributed by atoms with E-state index >= 15 is 0 Å². The lowest BCUT2D eigenvalue weighted by atomic mass is 9.75. The van der Waals surface area contributed by atoms with Crippen molar-refractivity contribution in [3.8, 4) is 0 Å². The lowest BCUT2D eigenvalue weighted by molar-refractivity contribution is -0.113. The second-order valence-corrected chi connectivity index (χ2v) is 4.29. The normalized spacial score (nSPS) is 34.0. The molecule has 0 aliphatic heterocycles. The van der Waals surface area contributed by atoms with Crippen molar-refractivity contribution < 1.29 is 4.79 Å². The molecule has 1 saturated carbocycles. The van der Waals surface area contributed by atoms with E-state index in [0.717, 1.165) is 25.0 Å². The Morgan fingerprint density at radius 3 is 2.57 bits per heavy atom. The summed E-state index contributed by atoms with van der Waals surface area (Å²) in [6, 6.07) is 0.